The second kappa shape index (κ2) is 12.1. The van der Waals surface area contributed by atoms with Crippen LogP contribution in [-0.4, -0.2) is 63.1 Å². The van der Waals surface area contributed by atoms with E-state index in [-0.39, 0.29) is 6.04 Å². The summed E-state index contributed by atoms with van der Waals surface area (Å²) < 4.78 is 10.9. The number of ether oxygens (including phenoxy) is 1. The molecule has 0 bridgehead atoms. The van der Waals surface area contributed by atoms with Gasteiger partial charge >= 0.3 is 11.8 Å². The average molecular weight is 477 g/mol. The van der Waals surface area contributed by atoms with E-state index < -0.39 is 11.8 Å². The van der Waals surface area contributed by atoms with Gasteiger partial charge in [-0.05, 0) is 48.4 Å². The summed E-state index contributed by atoms with van der Waals surface area (Å²) in [6.07, 6.45) is 2.31. The van der Waals surface area contributed by atoms with Gasteiger partial charge in [-0.2, -0.15) is 0 Å². The normalized spacial score (nSPS) is 14.8. The fraction of sp³-hybridized carbons (Fsp3) is 0.333. The van der Waals surface area contributed by atoms with Crippen LogP contribution in [-0.2, 0) is 16.0 Å². The molecule has 2 heterocycles. The Bertz CT molecular complexity index is 1060. The van der Waals surface area contributed by atoms with Crippen LogP contribution >= 0.6 is 0 Å². The Kier molecular flexibility index (Phi) is 8.40. The number of hydrogen-bond acceptors (Lipinski definition) is 6. The summed E-state index contributed by atoms with van der Waals surface area (Å²) in [7, 11) is 1.66. The van der Waals surface area contributed by atoms with Gasteiger partial charge in [0.1, 0.15) is 11.5 Å². The summed E-state index contributed by atoms with van der Waals surface area (Å²) in [5.74, 6) is 0.354. The standard InChI is InChI=1S/C27H32N4O4/c1-34-23-11-9-22(10-12-23)30-15-17-31(18-16-30)24(25-8-5-19-35-25)20-29-27(33)26(32)28-14-13-21-6-3-2-4-7-21/h2-12,19,24H,13-18,20H2,1H3,(H,28,32)(H,29,33)/t24-/m0/s1. The van der Waals surface area contributed by atoms with Crippen LogP contribution in [0.3, 0.4) is 0 Å². The lowest BCUT2D eigenvalue weighted by Gasteiger charge is -2.39. The molecule has 0 aliphatic carbocycles. The molecule has 0 unspecified atom stereocenters. The second-order valence-corrected chi connectivity index (χ2v) is 8.45. The number of hydrogen-bond donors (Lipinski definition) is 2. The largest absolute Gasteiger partial charge is 0.497 e. The van der Waals surface area contributed by atoms with Gasteiger partial charge in [-0.15, -0.1) is 0 Å². The van der Waals surface area contributed by atoms with Gasteiger partial charge in [0.05, 0.1) is 19.4 Å². The van der Waals surface area contributed by atoms with Crippen LogP contribution in [0, 0.1) is 0 Å². The van der Waals surface area contributed by atoms with Gasteiger partial charge < -0.3 is 24.7 Å². The number of nitrogens with zero attached hydrogens (tertiary/aromatic N) is 2. The van der Waals surface area contributed by atoms with Crippen LogP contribution in [0.2, 0.25) is 0 Å². The third-order valence-corrected chi connectivity index (χ3v) is 6.27. The number of furan rings is 1. The maximum Gasteiger partial charge on any atom is 0.309 e. The minimum absolute atomic E-state index is 0.149. The molecule has 2 N–H and O–H groups in total. The number of benzene rings is 2. The highest BCUT2D eigenvalue weighted by molar-refractivity contribution is 6.35. The minimum atomic E-state index is -0.633. The van der Waals surface area contributed by atoms with E-state index >= 15 is 0 Å². The van der Waals surface area contributed by atoms with Crippen LogP contribution in [0.15, 0.2) is 77.4 Å². The lowest BCUT2D eigenvalue weighted by molar-refractivity contribution is -0.139. The quantitative estimate of drug-likeness (QED) is 0.462. The molecule has 1 atom stereocenters. The fourth-order valence-corrected chi connectivity index (χ4v) is 4.29. The van der Waals surface area contributed by atoms with E-state index in [1.165, 1.54) is 0 Å². The Morgan fingerprint density at radius 3 is 2.29 bits per heavy atom. The molecule has 8 heteroatoms. The maximum atomic E-state index is 12.4. The van der Waals surface area contributed by atoms with E-state index in [1.807, 2.05) is 54.6 Å². The van der Waals surface area contributed by atoms with Gasteiger partial charge in [-0.25, -0.2) is 0 Å². The molecule has 1 fully saturated rings. The van der Waals surface area contributed by atoms with Crippen molar-refractivity contribution < 1.29 is 18.7 Å². The molecule has 0 spiro atoms. The lowest BCUT2D eigenvalue weighted by Crippen LogP contribution is -2.50. The molecule has 1 aliphatic rings. The zero-order valence-electron chi connectivity index (χ0n) is 20.0. The Balaban J connectivity index is 1.28. The average Bonchev–Trinajstić information content (AvgIpc) is 3.44. The monoisotopic (exact) mass is 476 g/mol. The van der Waals surface area contributed by atoms with Crippen molar-refractivity contribution in [3.63, 3.8) is 0 Å². The van der Waals surface area contributed by atoms with Crippen molar-refractivity contribution in [2.24, 2.45) is 0 Å². The van der Waals surface area contributed by atoms with Crippen LogP contribution in [0.4, 0.5) is 5.69 Å². The van der Waals surface area contributed by atoms with Crippen molar-refractivity contribution in [3.8, 4) is 5.75 Å². The Morgan fingerprint density at radius 1 is 0.914 bits per heavy atom. The molecule has 0 saturated carbocycles. The van der Waals surface area contributed by atoms with Crippen molar-refractivity contribution in [3.05, 3.63) is 84.3 Å². The van der Waals surface area contributed by atoms with Gasteiger partial charge in [-0.1, -0.05) is 30.3 Å². The van der Waals surface area contributed by atoms with Crippen LogP contribution < -0.4 is 20.3 Å². The molecular formula is C27H32N4O4. The lowest BCUT2D eigenvalue weighted by atomic mass is 10.1. The zero-order chi connectivity index (χ0) is 24.5. The molecule has 8 nitrogen and oxygen atoms in total. The Hall–Kier alpha value is -3.78. The number of piperazine rings is 1. The molecular weight excluding hydrogens is 444 g/mol. The topological polar surface area (TPSA) is 87.0 Å². The van der Waals surface area contributed by atoms with Crippen molar-refractivity contribution in [1.82, 2.24) is 15.5 Å². The van der Waals surface area contributed by atoms with E-state index in [2.05, 4.69) is 32.6 Å². The maximum absolute atomic E-state index is 12.4. The summed E-state index contributed by atoms with van der Waals surface area (Å²) in [4.78, 5) is 29.3. The highest BCUT2D eigenvalue weighted by Crippen LogP contribution is 2.25. The summed E-state index contributed by atoms with van der Waals surface area (Å²) in [6, 6.07) is 21.5. The van der Waals surface area contributed by atoms with Gasteiger partial charge in [-0.3, -0.25) is 14.5 Å². The first-order valence-corrected chi connectivity index (χ1v) is 11.9. The summed E-state index contributed by atoms with van der Waals surface area (Å²) in [6.45, 7) is 3.99. The smallest absolute Gasteiger partial charge is 0.309 e. The Morgan fingerprint density at radius 2 is 1.63 bits per heavy atom. The first kappa shape index (κ1) is 24.3. The first-order valence-electron chi connectivity index (χ1n) is 11.9. The van der Waals surface area contributed by atoms with E-state index in [0.717, 1.165) is 48.9 Å². The number of carbonyl (C=O) groups excluding carboxylic acids is 2. The van der Waals surface area contributed by atoms with Crippen LogP contribution in [0.25, 0.3) is 0 Å². The number of nitrogens with one attached hydrogen (secondary N) is 2. The van der Waals surface area contributed by atoms with Crippen molar-refractivity contribution >= 4 is 17.5 Å². The van der Waals surface area contributed by atoms with Crippen LogP contribution in [0.1, 0.15) is 17.4 Å². The third kappa shape index (κ3) is 6.64. The molecule has 2 aromatic carbocycles. The van der Waals surface area contributed by atoms with Gasteiger partial charge in [0.2, 0.25) is 0 Å². The minimum Gasteiger partial charge on any atom is -0.497 e. The SMILES string of the molecule is COc1ccc(N2CCN([C@@H](CNC(=O)C(=O)NCCc3ccccc3)c3ccco3)CC2)cc1. The number of amides is 2. The summed E-state index contributed by atoms with van der Waals surface area (Å²) in [5, 5.41) is 5.49. The van der Waals surface area contributed by atoms with Crippen molar-refractivity contribution in [2.45, 2.75) is 12.5 Å². The first-order chi connectivity index (χ1) is 17.1. The summed E-state index contributed by atoms with van der Waals surface area (Å²) >= 11 is 0. The molecule has 1 aromatic heterocycles. The molecule has 4 rings (SSSR count). The predicted octanol–water partition coefficient (Wildman–Crippen LogP) is 2.63. The van der Waals surface area contributed by atoms with Gasteiger partial charge in [0.25, 0.3) is 0 Å². The van der Waals surface area contributed by atoms with Gasteiger partial charge in [0, 0.05) is 45.0 Å². The highest BCUT2D eigenvalue weighted by Gasteiger charge is 2.28. The number of rotatable bonds is 9. The second-order valence-electron chi connectivity index (χ2n) is 8.45. The molecule has 3 aromatic rings. The fourth-order valence-electron chi connectivity index (χ4n) is 4.29. The predicted molar refractivity (Wildman–Crippen MR) is 134 cm³/mol. The van der Waals surface area contributed by atoms with E-state index in [0.29, 0.717) is 19.5 Å². The van der Waals surface area contributed by atoms with Gasteiger partial charge in [0.15, 0.2) is 0 Å². The highest BCUT2D eigenvalue weighted by atomic mass is 16.5. The molecule has 1 saturated heterocycles. The molecule has 2 amide bonds. The molecule has 35 heavy (non-hydrogen) atoms. The molecule has 184 valence electrons. The number of methoxy groups -OCH3 is 1. The van der Waals surface area contributed by atoms with E-state index in [9.17, 15) is 9.59 Å². The Labute approximate surface area is 205 Å². The third-order valence-electron chi connectivity index (χ3n) is 6.27. The van der Waals surface area contributed by atoms with E-state index in [4.69, 9.17) is 9.15 Å². The molecule has 0 radical (unpaired) electrons. The number of carbonyl (C=O) groups is 2. The number of anilines is 1. The van der Waals surface area contributed by atoms with E-state index in [1.54, 1.807) is 13.4 Å². The summed E-state index contributed by atoms with van der Waals surface area (Å²) in [5.41, 5.74) is 2.26. The zero-order valence-corrected chi connectivity index (χ0v) is 20.0. The van der Waals surface area contributed by atoms with Crippen molar-refractivity contribution in [1.29, 1.82) is 0 Å². The van der Waals surface area contributed by atoms with Crippen molar-refractivity contribution in [2.75, 3.05) is 51.3 Å². The van der Waals surface area contributed by atoms with Crippen LogP contribution in [0.5, 0.6) is 5.75 Å². The molecule has 1 aliphatic heterocycles.